The fourth-order valence-electron chi connectivity index (χ4n) is 1.70. The van der Waals surface area contributed by atoms with E-state index in [1.54, 1.807) is 6.20 Å². The van der Waals surface area contributed by atoms with Gasteiger partial charge in [0, 0.05) is 19.0 Å². The Bertz CT molecular complexity index is 525. The van der Waals surface area contributed by atoms with E-state index in [0.717, 1.165) is 11.3 Å². The van der Waals surface area contributed by atoms with Gasteiger partial charge >= 0.3 is 5.97 Å². The van der Waals surface area contributed by atoms with Crippen LogP contribution in [0, 0.1) is 6.92 Å². The number of rotatable bonds is 3. The molecule has 6 heteroatoms. The predicted molar refractivity (Wildman–Crippen MR) is 63.8 cm³/mol. The molecular formula is C12H13N3O3. The van der Waals surface area contributed by atoms with Gasteiger partial charge in [0.25, 0.3) is 0 Å². The lowest BCUT2D eigenvalue weighted by atomic mass is 10.1. The minimum atomic E-state index is -1.08. The Morgan fingerprint density at radius 1 is 1.50 bits per heavy atom. The predicted octanol–water partition coefficient (Wildman–Crippen LogP) is 0.953. The van der Waals surface area contributed by atoms with Crippen molar-refractivity contribution in [1.82, 2.24) is 9.99 Å². The number of carbonyl (C=O) groups excluding carboxylic acids is 1. The number of aryl methyl sites for hydroxylation is 1. The minimum absolute atomic E-state index is 0.0168. The molecule has 1 aliphatic rings. The van der Waals surface area contributed by atoms with Crippen LogP contribution < -0.4 is 0 Å². The molecule has 0 spiro atoms. The molecule has 0 aromatic carbocycles. The first kappa shape index (κ1) is 12.2. The summed E-state index contributed by atoms with van der Waals surface area (Å²) in [5, 5.41) is 13.9. The standard InChI is InChI=1S/C12H13N3O3/c1-8-3-2-6-13-10(8)7-15-11(16)5-4-9(14-15)12(17)18/h2-3,6H,4-5,7H2,1H3,(H,17,18). The summed E-state index contributed by atoms with van der Waals surface area (Å²) in [6, 6.07) is 3.70. The van der Waals surface area contributed by atoms with Crippen molar-refractivity contribution in [2.75, 3.05) is 0 Å². The highest BCUT2D eigenvalue weighted by Gasteiger charge is 2.24. The Labute approximate surface area is 104 Å². The van der Waals surface area contributed by atoms with Crippen molar-refractivity contribution in [3.63, 3.8) is 0 Å². The zero-order valence-corrected chi connectivity index (χ0v) is 9.96. The number of aromatic nitrogens is 1. The number of hydrogen-bond donors (Lipinski definition) is 1. The molecule has 0 aliphatic carbocycles. The fourth-order valence-corrected chi connectivity index (χ4v) is 1.70. The van der Waals surface area contributed by atoms with E-state index in [1.165, 1.54) is 5.01 Å². The van der Waals surface area contributed by atoms with Crippen LogP contribution in [0.3, 0.4) is 0 Å². The molecule has 0 saturated carbocycles. The highest BCUT2D eigenvalue weighted by Crippen LogP contribution is 2.14. The second-order valence-corrected chi connectivity index (χ2v) is 4.07. The molecule has 0 atom stereocenters. The van der Waals surface area contributed by atoms with Crippen LogP contribution in [0.4, 0.5) is 0 Å². The quantitative estimate of drug-likeness (QED) is 0.862. The largest absolute Gasteiger partial charge is 0.477 e. The number of pyridine rings is 1. The van der Waals surface area contributed by atoms with Crippen LogP contribution in [-0.4, -0.2) is 32.7 Å². The highest BCUT2D eigenvalue weighted by atomic mass is 16.4. The van der Waals surface area contributed by atoms with Crippen LogP contribution >= 0.6 is 0 Å². The molecule has 1 aromatic heterocycles. The van der Waals surface area contributed by atoms with E-state index in [9.17, 15) is 9.59 Å². The van der Waals surface area contributed by atoms with Crippen molar-refractivity contribution in [3.8, 4) is 0 Å². The molecule has 1 N–H and O–H groups in total. The van der Waals surface area contributed by atoms with E-state index in [1.807, 2.05) is 19.1 Å². The maximum Gasteiger partial charge on any atom is 0.352 e. The number of hydrogen-bond acceptors (Lipinski definition) is 4. The average Bonchev–Trinajstić information content (AvgIpc) is 2.34. The molecule has 2 heterocycles. The second-order valence-electron chi connectivity index (χ2n) is 4.07. The van der Waals surface area contributed by atoms with Crippen LogP contribution in [0.2, 0.25) is 0 Å². The Kier molecular flexibility index (Phi) is 3.36. The molecule has 94 valence electrons. The van der Waals surface area contributed by atoms with Crippen molar-refractivity contribution in [3.05, 3.63) is 29.6 Å². The number of carboxylic acid groups (broad SMARTS) is 1. The van der Waals surface area contributed by atoms with Gasteiger partial charge in [-0.05, 0) is 18.6 Å². The SMILES string of the molecule is Cc1cccnc1CN1N=C(C(=O)O)CCC1=O. The van der Waals surface area contributed by atoms with Gasteiger partial charge in [0.05, 0.1) is 12.2 Å². The zero-order valence-electron chi connectivity index (χ0n) is 9.96. The summed E-state index contributed by atoms with van der Waals surface area (Å²) in [7, 11) is 0. The van der Waals surface area contributed by atoms with Crippen molar-refractivity contribution < 1.29 is 14.7 Å². The van der Waals surface area contributed by atoms with Gasteiger partial charge in [0.2, 0.25) is 5.91 Å². The molecule has 6 nitrogen and oxygen atoms in total. The molecule has 2 rings (SSSR count). The van der Waals surface area contributed by atoms with E-state index in [-0.39, 0.29) is 31.0 Å². The summed E-state index contributed by atoms with van der Waals surface area (Å²) < 4.78 is 0. The minimum Gasteiger partial charge on any atom is -0.477 e. The average molecular weight is 247 g/mol. The van der Waals surface area contributed by atoms with E-state index in [4.69, 9.17) is 5.11 Å². The lowest BCUT2D eigenvalue weighted by molar-refractivity contribution is -0.133. The van der Waals surface area contributed by atoms with Crippen LogP contribution in [-0.2, 0) is 16.1 Å². The van der Waals surface area contributed by atoms with Gasteiger partial charge in [-0.1, -0.05) is 6.07 Å². The smallest absolute Gasteiger partial charge is 0.352 e. The summed E-state index contributed by atoms with van der Waals surface area (Å²) in [6.07, 6.45) is 2.00. The van der Waals surface area contributed by atoms with Gasteiger partial charge in [-0.25, -0.2) is 9.80 Å². The van der Waals surface area contributed by atoms with Crippen molar-refractivity contribution in [2.45, 2.75) is 26.3 Å². The van der Waals surface area contributed by atoms with Gasteiger partial charge in [0.15, 0.2) is 0 Å². The highest BCUT2D eigenvalue weighted by molar-refractivity contribution is 6.36. The topological polar surface area (TPSA) is 82.9 Å². The lowest BCUT2D eigenvalue weighted by Crippen LogP contribution is -2.34. The molecule has 0 fully saturated rings. The Balaban J connectivity index is 2.22. The number of carbonyl (C=O) groups is 2. The molecular weight excluding hydrogens is 234 g/mol. The van der Waals surface area contributed by atoms with Crippen molar-refractivity contribution in [1.29, 1.82) is 0 Å². The zero-order chi connectivity index (χ0) is 13.1. The Morgan fingerprint density at radius 3 is 2.94 bits per heavy atom. The summed E-state index contributed by atoms with van der Waals surface area (Å²) >= 11 is 0. The summed E-state index contributed by atoms with van der Waals surface area (Å²) in [5.74, 6) is -1.25. The number of nitrogens with zero attached hydrogens (tertiary/aromatic N) is 3. The molecule has 1 amide bonds. The molecule has 0 bridgehead atoms. The summed E-state index contributed by atoms with van der Waals surface area (Å²) in [6.45, 7) is 2.10. The first-order chi connectivity index (χ1) is 8.58. The van der Waals surface area contributed by atoms with Gasteiger partial charge in [-0.2, -0.15) is 5.10 Å². The maximum atomic E-state index is 11.7. The number of amides is 1. The first-order valence-electron chi connectivity index (χ1n) is 5.59. The Morgan fingerprint density at radius 2 is 2.28 bits per heavy atom. The van der Waals surface area contributed by atoms with Gasteiger partial charge in [-0.15, -0.1) is 0 Å². The molecule has 1 aromatic rings. The number of hydrazone groups is 1. The normalized spacial score (nSPS) is 15.5. The molecule has 18 heavy (non-hydrogen) atoms. The first-order valence-corrected chi connectivity index (χ1v) is 5.59. The Hall–Kier alpha value is -2.24. The molecule has 1 aliphatic heterocycles. The van der Waals surface area contributed by atoms with E-state index in [0.29, 0.717) is 0 Å². The van der Waals surface area contributed by atoms with Gasteiger partial charge in [0.1, 0.15) is 5.71 Å². The third-order valence-electron chi connectivity index (χ3n) is 2.77. The lowest BCUT2D eigenvalue weighted by Gasteiger charge is -2.22. The van der Waals surface area contributed by atoms with Crippen LogP contribution in [0.25, 0.3) is 0 Å². The third-order valence-corrected chi connectivity index (χ3v) is 2.77. The molecule has 0 radical (unpaired) electrons. The van der Waals surface area contributed by atoms with Gasteiger partial charge in [-0.3, -0.25) is 9.78 Å². The van der Waals surface area contributed by atoms with E-state index >= 15 is 0 Å². The summed E-state index contributed by atoms with van der Waals surface area (Å²) in [5.41, 5.74) is 1.69. The third kappa shape index (κ3) is 2.53. The van der Waals surface area contributed by atoms with Crippen molar-refractivity contribution in [2.24, 2.45) is 5.10 Å². The second kappa shape index (κ2) is 4.95. The van der Waals surface area contributed by atoms with E-state index < -0.39 is 5.97 Å². The number of carboxylic acids is 1. The molecule has 0 saturated heterocycles. The monoisotopic (exact) mass is 247 g/mol. The van der Waals surface area contributed by atoms with E-state index in [2.05, 4.69) is 10.1 Å². The maximum absolute atomic E-state index is 11.7. The fraction of sp³-hybridized carbons (Fsp3) is 0.333. The summed E-state index contributed by atoms with van der Waals surface area (Å²) in [4.78, 5) is 26.7. The van der Waals surface area contributed by atoms with Gasteiger partial charge < -0.3 is 5.11 Å². The van der Waals surface area contributed by atoms with Crippen LogP contribution in [0.15, 0.2) is 23.4 Å². The number of aliphatic carboxylic acids is 1. The van der Waals surface area contributed by atoms with Crippen LogP contribution in [0.1, 0.15) is 24.1 Å². The van der Waals surface area contributed by atoms with Crippen LogP contribution in [0.5, 0.6) is 0 Å². The van der Waals surface area contributed by atoms with Crippen molar-refractivity contribution >= 4 is 17.6 Å². The molecule has 0 unspecified atom stereocenters.